The van der Waals surface area contributed by atoms with E-state index < -0.39 is 35.6 Å². The average Bonchev–Trinajstić information content (AvgIpc) is 2.95. The summed E-state index contributed by atoms with van der Waals surface area (Å²) in [6.07, 6.45) is -2.16. The Labute approximate surface area is 245 Å². The number of anilines is 3. The number of hydrogen-bond acceptors (Lipinski definition) is 8. The third kappa shape index (κ3) is 6.33. The molecule has 228 valence electrons. The van der Waals surface area contributed by atoms with Crippen LogP contribution >= 0.6 is 11.6 Å². The Kier molecular flexibility index (Phi) is 8.65. The van der Waals surface area contributed by atoms with E-state index >= 15 is 0 Å². The fraction of sp³-hybridized carbons (Fsp3) is 0.556. The smallest absolute Gasteiger partial charge is 0.381 e. The van der Waals surface area contributed by atoms with Gasteiger partial charge in [0.05, 0.1) is 17.5 Å². The highest BCUT2D eigenvalue weighted by atomic mass is 35.5. The zero-order valence-corrected chi connectivity index (χ0v) is 23.8. The number of hydrogen-bond donors (Lipinski definition) is 2. The molecule has 2 amide bonds. The van der Waals surface area contributed by atoms with Crippen LogP contribution in [0.3, 0.4) is 0 Å². The summed E-state index contributed by atoms with van der Waals surface area (Å²) in [7, 11) is 1.99. The van der Waals surface area contributed by atoms with Gasteiger partial charge in [-0.1, -0.05) is 11.6 Å². The third-order valence-corrected chi connectivity index (χ3v) is 8.47. The predicted octanol–water partition coefficient (Wildman–Crippen LogP) is 2.94. The molecule has 0 bridgehead atoms. The number of likely N-dealkylation sites (N-methyl/N-ethyl adjacent to an activating group) is 1. The highest BCUT2D eigenvalue weighted by Gasteiger charge is 2.45. The summed E-state index contributed by atoms with van der Waals surface area (Å²) < 4.78 is 55.1. The number of nitrogens with two attached hydrogens (primary N) is 1. The van der Waals surface area contributed by atoms with Gasteiger partial charge in [0.25, 0.3) is 0 Å². The number of nitrogens with one attached hydrogen (secondary N) is 1. The maximum atomic E-state index is 14.9. The van der Waals surface area contributed by atoms with Crippen LogP contribution in [0.25, 0.3) is 0 Å². The van der Waals surface area contributed by atoms with Gasteiger partial charge in [0.1, 0.15) is 12.4 Å². The van der Waals surface area contributed by atoms with E-state index in [2.05, 4.69) is 20.2 Å². The number of carbonyl (C=O) groups excluding carboxylic acids is 2. The number of amides is 2. The highest BCUT2D eigenvalue weighted by Crippen LogP contribution is 2.35. The molecule has 3 aliphatic heterocycles. The van der Waals surface area contributed by atoms with Crippen LogP contribution in [0, 0.1) is 11.7 Å². The molecular formula is C27H33ClF4N8O2. The molecule has 3 atom stereocenters. The highest BCUT2D eigenvalue weighted by molar-refractivity contribution is 6.31. The van der Waals surface area contributed by atoms with E-state index in [1.807, 2.05) is 11.9 Å². The summed E-state index contributed by atoms with van der Waals surface area (Å²) in [6, 6.07) is 1.63. The zero-order chi connectivity index (χ0) is 30.2. The second-order valence-electron chi connectivity index (χ2n) is 11.0. The Bertz CT molecular complexity index is 1320. The van der Waals surface area contributed by atoms with Crippen molar-refractivity contribution in [3.8, 4) is 0 Å². The topological polar surface area (TPSA) is 111 Å². The first-order chi connectivity index (χ1) is 19.9. The number of rotatable bonds is 5. The van der Waals surface area contributed by atoms with Crippen molar-refractivity contribution in [2.75, 3.05) is 68.8 Å². The van der Waals surface area contributed by atoms with Gasteiger partial charge >= 0.3 is 6.18 Å². The molecular weight excluding hydrogens is 580 g/mol. The van der Waals surface area contributed by atoms with Crippen molar-refractivity contribution in [3.63, 3.8) is 0 Å². The van der Waals surface area contributed by atoms with Crippen LogP contribution in [-0.2, 0) is 15.8 Å². The van der Waals surface area contributed by atoms with E-state index in [-0.39, 0.29) is 40.7 Å². The lowest BCUT2D eigenvalue weighted by atomic mass is 9.86. The van der Waals surface area contributed by atoms with Crippen LogP contribution in [0.1, 0.15) is 24.8 Å². The molecule has 0 aliphatic carbocycles. The second-order valence-corrected chi connectivity index (χ2v) is 11.5. The molecule has 3 N–H and O–H groups in total. The van der Waals surface area contributed by atoms with Gasteiger partial charge in [-0.3, -0.25) is 9.59 Å². The van der Waals surface area contributed by atoms with Crippen LogP contribution in [0.2, 0.25) is 5.02 Å². The van der Waals surface area contributed by atoms with Gasteiger partial charge in [-0.15, -0.1) is 0 Å². The number of piperidine rings is 2. The molecule has 0 spiro atoms. The van der Waals surface area contributed by atoms with E-state index in [1.54, 1.807) is 9.80 Å². The number of benzene rings is 1. The Hall–Kier alpha value is -3.39. The van der Waals surface area contributed by atoms with Crippen LogP contribution in [-0.4, -0.2) is 101 Å². The molecule has 42 heavy (non-hydrogen) atoms. The van der Waals surface area contributed by atoms with E-state index in [0.29, 0.717) is 45.4 Å². The van der Waals surface area contributed by atoms with Crippen molar-refractivity contribution in [1.82, 2.24) is 24.7 Å². The average molecular weight is 613 g/mol. The van der Waals surface area contributed by atoms with E-state index in [0.717, 1.165) is 31.5 Å². The first-order valence-electron chi connectivity index (χ1n) is 13.9. The van der Waals surface area contributed by atoms with Crippen LogP contribution in [0.4, 0.5) is 34.9 Å². The third-order valence-electron chi connectivity index (χ3n) is 8.25. The minimum atomic E-state index is -4.61. The lowest BCUT2D eigenvalue weighted by Gasteiger charge is -2.47. The molecule has 3 saturated heterocycles. The number of likely N-dealkylation sites (tertiary alicyclic amines) is 1. The van der Waals surface area contributed by atoms with Gasteiger partial charge in [-0.05, 0) is 44.5 Å². The fourth-order valence-corrected chi connectivity index (χ4v) is 6.22. The zero-order valence-electron chi connectivity index (χ0n) is 23.1. The summed E-state index contributed by atoms with van der Waals surface area (Å²) in [5.41, 5.74) is 4.83. The van der Waals surface area contributed by atoms with Crippen molar-refractivity contribution >= 4 is 40.7 Å². The monoisotopic (exact) mass is 612 g/mol. The van der Waals surface area contributed by atoms with Crippen molar-refractivity contribution in [2.24, 2.45) is 5.92 Å². The number of alkyl halides is 3. The lowest BCUT2D eigenvalue weighted by Crippen LogP contribution is -2.63. The predicted molar refractivity (Wildman–Crippen MR) is 149 cm³/mol. The van der Waals surface area contributed by atoms with Crippen LogP contribution < -0.4 is 16.0 Å². The maximum absolute atomic E-state index is 14.9. The number of nitrogens with zero attached hydrogens (tertiary/aromatic N) is 6. The summed E-state index contributed by atoms with van der Waals surface area (Å²) in [5.74, 6) is -2.03. The number of piperazine rings is 1. The van der Waals surface area contributed by atoms with Crippen molar-refractivity contribution in [3.05, 3.63) is 40.9 Å². The van der Waals surface area contributed by atoms with Gasteiger partial charge in [0, 0.05) is 56.5 Å². The van der Waals surface area contributed by atoms with Crippen LogP contribution in [0.15, 0.2) is 24.5 Å². The molecule has 4 heterocycles. The van der Waals surface area contributed by atoms with Gasteiger partial charge < -0.3 is 30.7 Å². The normalized spacial score (nSPS) is 24.2. The van der Waals surface area contributed by atoms with Gasteiger partial charge in [-0.25, -0.2) is 9.97 Å². The van der Waals surface area contributed by atoms with Crippen molar-refractivity contribution < 1.29 is 27.2 Å². The van der Waals surface area contributed by atoms with Gasteiger partial charge in [0.2, 0.25) is 17.6 Å². The minimum absolute atomic E-state index is 0.00395. The second kappa shape index (κ2) is 12.1. The summed E-state index contributed by atoms with van der Waals surface area (Å²) in [5, 5.41) is 2.83. The largest absolute Gasteiger partial charge is 0.416 e. The van der Waals surface area contributed by atoms with E-state index in [4.69, 9.17) is 17.3 Å². The number of nitrogen functional groups attached to an aromatic ring is 1. The molecule has 0 unspecified atom stereocenters. The molecule has 0 radical (unpaired) electrons. The van der Waals surface area contributed by atoms with Crippen molar-refractivity contribution in [2.45, 2.75) is 37.5 Å². The molecule has 10 nitrogen and oxygen atoms in total. The van der Waals surface area contributed by atoms with E-state index in [9.17, 15) is 27.2 Å². The molecule has 0 saturated carbocycles. The first kappa shape index (κ1) is 30.1. The summed E-state index contributed by atoms with van der Waals surface area (Å²) in [6.45, 7) is 3.39. The van der Waals surface area contributed by atoms with E-state index in [1.165, 1.54) is 6.07 Å². The molecule has 5 rings (SSSR count). The van der Waals surface area contributed by atoms with Crippen LogP contribution in [0.5, 0.6) is 0 Å². The van der Waals surface area contributed by atoms with Gasteiger partial charge in [0.15, 0.2) is 11.6 Å². The number of carbonyl (C=O) groups is 2. The number of halogens is 5. The SMILES string of the molecule is CN1CCN(C(=O)[C@@H]2CCN(c3ncnc(N)c3F)C[C@H]2N2CCC[C@@H](Nc3cc(Cl)cc(C(F)(F)F)c3)C2=O)CC1. The molecule has 3 fully saturated rings. The van der Waals surface area contributed by atoms with Crippen molar-refractivity contribution in [1.29, 1.82) is 0 Å². The fourth-order valence-electron chi connectivity index (χ4n) is 5.98. The van der Waals surface area contributed by atoms with Gasteiger partial charge in [-0.2, -0.15) is 17.6 Å². The molecule has 15 heteroatoms. The Morgan fingerprint density at radius 2 is 1.81 bits per heavy atom. The molecule has 1 aromatic carbocycles. The maximum Gasteiger partial charge on any atom is 0.416 e. The Morgan fingerprint density at radius 3 is 2.52 bits per heavy atom. The lowest BCUT2D eigenvalue weighted by molar-refractivity contribution is -0.145. The number of aromatic nitrogens is 2. The first-order valence-corrected chi connectivity index (χ1v) is 14.2. The summed E-state index contributed by atoms with van der Waals surface area (Å²) in [4.78, 5) is 42.7. The Morgan fingerprint density at radius 1 is 1.07 bits per heavy atom. The molecule has 2 aromatic rings. The Balaban J connectivity index is 1.41. The summed E-state index contributed by atoms with van der Waals surface area (Å²) >= 11 is 5.96. The molecule has 3 aliphatic rings. The minimum Gasteiger partial charge on any atom is -0.381 e. The quantitative estimate of drug-likeness (QED) is 0.496. The standard InChI is InChI=1S/C27H33ClF4N8O2/c1-37-7-9-38(10-8-37)25(41)19-4-6-39(24-22(29)23(33)34-15-35-24)14-21(19)40-5-2-3-20(26(40)42)36-18-12-16(27(30,31)32)11-17(28)13-18/h11-13,15,19-21,36H,2-10,14H2,1H3,(H2,33,34,35)/t19-,20-,21-/m1/s1. The molecule has 1 aromatic heterocycles.